The second kappa shape index (κ2) is 8.39. The SMILES string of the molecule is COC(=O)c1cc(OC(C)C)c2nc(N3CCN4C[C@H](OC(C)=O)C[C@@H]4C3)sc2c1. The van der Waals surface area contributed by atoms with E-state index in [2.05, 4.69) is 9.80 Å². The van der Waals surface area contributed by atoms with Crippen LogP contribution in [-0.2, 0) is 14.3 Å². The average Bonchev–Trinajstić information content (AvgIpc) is 3.29. The van der Waals surface area contributed by atoms with Crippen LogP contribution < -0.4 is 9.64 Å². The van der Waals surface area contributed by atoms with Crippen LogP contribution in [0.1, 0.15) is 37.6 Å². The van der Waals surface area contributed by atoms with Crippen molar-refractivity contribution < 1.29 is 23.8 Å². The molecule has 0 spiro atoms. The summed E-state index contributed by atoms with van der Waals surface area (Å²) in [5.74, 6) is -0.0154. The van der Waals surface area contributed by atoms with Gasteiger partial charge in [-0.3, -0.25) is 9.69 Å². The van der Waals surface area contributed by atoms with Gasteiger partial charge in [0.05, 0.1) is 23.5 Å². The monoisotopic (exact) mass is 433 g/mol. The molecule has 2 atom stereocenters. The normalized spacial score (nSPS) is 21.7. The van der Waals surface area contributed by atoms with E-state index in [1.54, 1.807) is 17.4 Å². The van der Waals surface area contributed by atoms with Crippen LogP contribution >= 0.6 is 11.3 Å². The average molecular weight is 434 g/mol. The van der Waals surface area contributed by atoms with Gasteiger partial charge in [0.2, 0.25) is 0 Å². The van der Waals surface area contributed by atoms with Crippen molar-refractivity contribution in [2.45, 2.75) is 45.4 Å². The van der Waals surface area contributed by atoms with Crippen molar-refractivity contribution in [1.29, 1.82) is 0 Å². The summed E-state index contributed by atoms with van der Waals surface area (Å²) >= 11 is 1.56. The van der Waals surface area contributed by atoms with Gasteiger partial charge in [-0.2, -0.15) is 0 Å². The molecule has 1 aromatic heterocycles. The molecule has 0 saturated carbocycles. The Morgan fingerprint density at radius 2 is 2.03 bits per heavy atom. The van der Waals surface area contributed by atoms with Crippen molar-refractivity contribution in [1.82, 2.24) is 9.88 Å². The number of anilines is 1. The van der Waals surface area contributed by atoms with Crippen LogP contribution in [0.15, 0.2) is 12.1 Å². The molecular weight excluding hydrogens is 406 g/mol. The molecule has 2 fully saturated rings. The number of carbonyl (C=O) groups is 2. The maximum absolute atomic E-state index is 12.1. The van der Waals surface area contributed by atoms with Crippen LogP contribution in [0.25, 0.3) is 10.2 Å². The third-order valence-electron chi connectivity index (χ3n) is 5.41. The van der Waals surface area contributed by atoms with Gasteiger partial charge in [0, 0.05) is 45.6 Å². The maximum atomic E-state index is 12.1. The number of benzene rings is 1. The zero-order chi connectivity index (χ0) is 21.4. The summed E-state index contributed by atoms with van der Waals surface area (Å²) in [5.41, 5.74) is 1.23. The van der Waals surface area contributed by atoms with Gasteiger partial charge in [-0.15, -0.1) is 0 Å². The third-order valence-corrected chi connectivity index (χ3v) is 6.48. The summed E-state index contributed by atoms with van der Waals surface area (Å²) in [6.45, 7) is 8.75. The molecule has 0 bridgehead atoms. The minimum Gasteiger partial charge on any atom is -0.489 e. The molecule has 162 valence electrons. The Balaban J connectivity index is 1.59. The fourth-order valence-corrected chi connectivity index (χ4v) is 5.25. The molecule has 2 aliphatic heterocycles. The van der Waals surface area contributed by atoms with Gasteiger partial charge in [0.25, 0.3) is 0 Å². The molecule has 0 radical (unpaired) electrons. The highest BCUT2D eigenvalue weighted by atomic mass is 32.1. The molecule has 8 nitrogen and oxygen atoms in total. The van der Waals surface area contributed by atoms with E-state index in [0.29, 0.717) is 17.4 Å². The fourth-order valence-electron chi connectivity index (χ4n) is 4.19. The predicted octanol–water partition coefficient (Wildman–Crippen LogP) is 2.70. The van der Waals surface area contributed by atoms with E-state index >= 15 is 0 Å². The zero-order valence-corrected chi connectivity index (χ0v) is 18.5. The van der Waals surface area contributed by atoms with Gasteiger partial charge in [-0.1, -0.05) is 11.3 Å². The Morgan fingerprint density at radius 1 is 1.23 bits per heavy atom. The summed E-state index contributed by atoms with van der Waals surface area (Å²) in [6.07, 6.45) is 0.776. The lowest BCUT2D eigenvalue weighted by Gasteiger charge is -2.36. The number of esters is 2. The predicted molar refractivity (Wildman–Crippen MR) is 114 cm³/mol. The first kappa shape index (κ1) is 20.9. The smallest absolute Gasteiger partial charge is 0.338 e. The van der Waals surface area contributed by atoms with Gasteiger partial charge < -0.3 is 19.1 Å². The van der Waals surface area contributed by atoms with Gasteiger partial charge in [-0.05, 0) is 26.0 Å². The molecule has 2 saturated heterocycles. The minimum absolute atomic E-state index is 0.0310. The molecular formula is C21H27N3O5S. The number of carbonyl (C=O) groups excluding carboxylic acids is 2. The van der Waals surface area contributed by atoms with Crippen LogP contribution in [0.2, 0.25) is 0 Å². The third kappa shape index (κ3) is 4.22. The van der Waals surface area contributed by atoms with Crippen LogP contribution in [0.3, 0.4) is 0 Å². The van der Waals surface area contributed by atoms with Gasteiger partial charge in [-0.25, -0.2) is 9.78 Å². The quantitative estimate of drug-likeness (QED) is 0.666. The molecule has 30 heavy (non-hydrogen) atoms. The van der Waals surface area contributed by atoms with E-state index in [4.69, 9.17) is 19.2 Å². The van der Waals surface area contributed by atoms with Crippen LogP contribution in [0.5, 0.6) is 5.75 Å². The second-order valence-corrected chi connectivity index (χ2v) is 9.05. The van der Waals surface area contributed by atoms with E-state index in [1.165, 1.54) is 14.0 Å². The molecule has 2 aromatic rings. The highest BCUT2D eigenvalue weighted by molar-refractivity contribution is 7.22. The number of piperazine rings is 1. The highest BCUT2D eigenvalue weighted by Crippen LogP contribution is 2.37. The molecule has 4 rings (SSSR count). The van der Waals surface area contributed by atoms with E-state index in [9.17, 15) is 9.59 Å². The Bertz CT molecular complexity index is 960. The van der Waals surface area contributed by atoms with E-state index in [0.717, 1.165) is 47.9 Å². The molecule has 0 amide bonds. The molecule has 0 N–H and O–H groups in total. The van der Waals surface area contributed by atoms with Crippen molar-refractivity contribution >= 4 is 38.6 Å². The standard InChI is InChI=1S/C21H27N3O5S/c1-12(2)28-17-7-14(20(26)27-4)8-18-19(17)22-21(30-18)24-6-5-23-11-16(29-13(3)25)9-15(23)10-24/h7-8,12,15-16H,5-6,9-11H2,1-4H3/t15-,16-/m1/s1. The van der Waals surface area contributed by atoms with Crippen molar-refractivity contribution in [3.63, 3.8) is 0 Å². The molecule has 3 heterocycles. The first-order valence-corrected chi connectivity index (χ1v) is 11.0. The maximum Gasteiger partial charge on any atom is 0.338 e. The van der Waals surface area contributed by atoms with Crippen molar-refractivity contribution in [2.75, 3.05) is 38.2 Å². The Labute approximate surface area is 179 Å². The molecule has 1 aromatic carbocycles. The lowest BCUT2D eigenvalue weighted by molar-refractivity contribution is -0.145. The number of ether oxygens (including phenoxy) is 3. The Kier molecular flexibility index (Phi) is 5.84. The zero-order valence-electron chi connectivity index (χ0n) is 17.7. The van der Waals surface area contributed by atoms with Crippen molar-refractivity contribution in [2.24, 2.45) is 0 Å². The summed E-state index contributed by atoms with van der Waals surface area (Å²) < 4.78 is 17.2. The van der Waals surface area contributed by atoms with Crippen LogP contribution in [0, 0.1) is 0 Å². The lowest BCUT2D eigenvalue weighted by Crippen LogP contribution is -2.50. The molecule has 0 aliphatic carbocycles. The Morgan fingerprint density at radius 3 is 2.73 bits per heavy atom. The topological polar surface area (TPSA) is 81.2 Å². The number of thiazole rings is 1. The number of rotatable bonds is 5. The number of nitrogens with zero attached hydrogens (tertiary/aromatic N) is 3. The number of methoxy groups -OCH3 is 1. The first-order chi connectivity index (χ1) is 14.3. The second-order valence-electron chi connectivity index (χ2n) is 8.04. The largest absolute Gasteiger partial charge is 0.489 e. The van der Waals surface area contributed by atoms with E-state index in [1.807, 2.05) is 19.9 Å². The lowest BCUT2D eigenvalue weighted by atomic mass is 10.1. The van der Waals surface area contributed by atoms with Crippen LogP contribution in [-0.4, -0.2) is 73.4 Å². The first-order valence-electron chi connectivity index (χ1n) is 10.2. The molecule has 0 unspecified atom stereocenters. The number of aromatic nitrogens is 1. The van der Waals surface area contributed by atoms with E-state index in [-0.39, 0.29) is 18.2 Å². The summed E-state index contributed by atoms with van der Waals surface area (Å²) in [7, 11) is 1.37. The molecule has 9 heteroatoms. The summed E-state index contributed by atoms with van der Waals surface area (Å²) in [6, 6.07) is 3.86. The summed E-state index contributed by atoms with van der Waals surface area (Å²) in [4.78, 5) is 32.9. The van der Waals surface area contributed by atoms with Crippen LogP contribution in [0.4, 0.5) is 5.13 Å². The number of hydrogen-bond donors (Lipinski definition) is 0. The van der Waals surface area contributed by atoms with Gasteiger partial charge in [0.15, 0.2) is 5.13 Å². The molecule has 2 aliphatic rings. The minimum atomic E-state index is -0.392. The van der Waals surface area contributed by atoms with Gasteiger partial charge >= 0.3 is 11.9 Å². The number of fused-ring (bicyclic) bond motifs is 2. The number of hydrogen-bond acceptors (Lipinski definition) is 9. The summed E-state index contributed by atoms with van der Waals surface area (Å²) in [5, 5.41) is 0.913. The highest BCUT2D eigenvalue weighted by Gasteiger charge is 2.38. The Hall–Kier alpha value is -2.39. The van der Waals surface area contributed by atoms with Gasteiger partial charge in [0.1, 0.15) is 17.4 Å². The van der Waals surface area contributed by atoms with Crippen molar-refractivity contribution in [3.8, 4) is 5.75 Å². The van der Waals surface area contributed by atoms with E-state index < -0.39 is 5.97 Å². The fraction of sp³-hybridized carbons (Fsp3) is 0.571. The van der Waals surface area contributed by atoms with Crippen molar-refractivity contribution in [3.05, 3.63) is 17.7 Å².